The molecule has 8 heteroatoms. The van der Waals surface area contributed by atoms with Crippen LogP contribution in [0.2, 0.25) is 0 Å². The number of rotatable bonds is 5. The molecule has 0 saturated carbocycles. The second-order valence-electron chi connectivity index (χ2n) is 5.14. The van der Waals surface area contributed by atoms with Gasteiger partial charge < -0.3 is 10.2 Å². The zero-order chi connectivity index (χ0) is 16.9. The van der Waals surface area contributed by atoms with Gasteiger partial charge in [-0.25, -0.2) is 4.39 Å². The molecule has 24 heavy (non-hydrogen) atoms. The van der Waals surface area contributed by atoms with Crippen LogP contribution in [0.5, 0.6) is 0 Å². The van der Waals surface area contributed by atoms with Crippen molar-refractivity contribution in [2.45, 2.75) is 0 Å². The van der Waals surface area contributed by atoms with Crippen LogP contribution in [0.15, 0.2) is 54.6 Å². The Labute approximate surface area is 137 Å². The van der Waals surface area contributed by atoms with Gasteiger partial charge in [0.25, 0.3) is 5.95 Å². The van der Waals surface area contributed by atoms with Crippen LogP contribution < -0.4 is 10.2 Å². The highest BCUT2D eigenvalue weighted by Crippen LogP contribution is 2.14. The molecule has 1 N–H and O–H groups in total. The van der Waals surface area contributed by atoms with Gasteiger partial charge in [0.2, 0.25) is 5.91 Å². The Hall–Kier alpha value is -3.29. The van der Waals surface area contributed by atoms with Crippen molar-refractivity contribution in [1.29, 1.82) is 0 Å². The van der Waals surface area contributed by atoms with Gasteiger partial charge in [0.05, 0.1) is 12.2 Å². The normalized spacial score (nSPS) is 10.4. The number of hydrogen-bond acceptors (Lipinski definition) is 5. The molecule has 0 radical (unpaired) electrons. The molecule has 122 valence electrons. The molecule has 0 fully saturated rings. The van der Waals surface area contributed by atoms with Gasteiger partial charge in [-0.15, -0.1) is 0 Å². The number of anilines is 2. The minimum absolute atomic E-state index is 0.0176. The molecule has 1 heterocycles. The standard InChI is InChI=1S/C16H15FN6O/c1-22(11-15(24)18-13-7-5-6-12(17)10-13)16-19-20-21-23(16)14-8-3-2-4-9-14/h2-10H,11H2,1H3,(H,18,24). The minimum atomic E-state index is -0.408. The van der Waals surface area contributed by atoms with E-state index >= 15 is 0 Å². The Kier molecular flexibility index (Phi) is 4.46. The van der Waals surface area contributed by atoms with Crippen molar-refractivity contribution in [3.05, 3.63) is 60.4 Å². The lowest BCUT2D eigenvalue weighted by Crippen LogP contribution is -2.32. The number of para-hydroxylation sites is 1. The summed E-state index contributed by atoms with van der Waals surface area (Å²) in [6.45, 7) is 0.0176. The van der Waals surface area contributed by atoms with E-state index in [1.165, 1.54) is 22.9 Å². The van der Waals surface area contributed by atoms with Gasteiger partial charge in [-0.1, -0.05) is 29.4 Å². The summed E-state index contributed by atoms with van der Waals surface area (Å²) in [5.41, 5.74) is 1.19. The van der Waals surface area contributed by atoms with Crippen molar-refractivity contribution in [2.24, 2.45) is 0 Å². The maximum absolute atomic E-state index is 13.2. The van der Waals surface area contributed by atoms with Crippen molar-refractivity contribution in [2.75, 3.05) is 23.8 Å². The van der Waals surface area contributed by atoms with Crippen LogP contribution >= 0.6 is 0 Å². The number of benzene rings is 2. The molecule has 0 aliphatic rings. The van der Waals surface area contributed by atoms with Crippen LogP contribution in [0, 0.1) is 5.82 Å². The van der Waals surface area contributed by atoms with Crippen LogP contribution in [0.4, 0.5) is 16.0 Å². The second-order valence-corrected chi connectivity index (χ2v) is 5.14. The fraction of sp³-hybridized carbons (Fsp3) is 0.125. The quantitative estimate of drug-likeness (QED) is 0.775. The van der Waals surface area contributed by atoms with Crippen LogP contribution in [0.25, 0.3) is 5.69 Å². The molecule has 0 bridgehead atoms. The molecule has 0 saturated heterocycles. The van der Waals surface area contributed by atoms with Crippen LogP contribution in [0.1, 0.15) is 0 Å². The predicted molar refractivity (Wildman–Crippen MR) is 87.5 cm³/mol. The topological polar surface area (TPSA) is 75.9 Å². The summed E-state index contributed by atoms with van der Waals surface area (Å²) in [4.78, 5) is 13.7. The van der Waals surface area contributed by atoms with E-state index in [9.17, 15) is 9.18 Å². The van der Waals surface area contributed by atoms with Crippen LogP contribution in [0.3, 0.4) is 0 Å². The zero-order valence-electron chi connectivity index (χ0n) is 12.9. The average Bonchev–Trinajstić information content (AvgIpc) is 3.05. The zero-order valence-corrected chi connectivity index (χ0v) is 12.9. The number of amides is 1. The van der Waals surface area contributed by atoms with Crippen LogP contribution in [-0.2, 0) is 4.79 Å². The Bertz CT molecular complexity index is 835. The molecule has 1 amide bonds. The monoisotopic (exact) mass is 326 g/mol. The molecule has 0 aliphatic heterocycles. The first kappa shape index (κ1) is 15.6. The highest BCUT2D eigenvalue weighted by atomic mass is 19.1. The number of carbonyl (C=O) groups is 1. The van der Waals surface area contributed by atoms with Crippen molar-refractivity contribution >= 4 is 17.5 Å². The Balaban J connectivity index is 1.70. The Morgan fingerprint density at radius 1 is 1.21 bits per heavy atom. The first-order chi connectivity index (χ1) is 11.6. The molecule has 3 aromatic rings. The van der Waals surface area contributed by atoms with Gasteiger partial charge in [0, 0.05) is 12.7 Å². The van der Waals surface area contributed by atoms with Gasteiger partial charge in [0.15, 0.2) is 0 Å². The number of nitrogens with one attached hydrogen (secondary N) is 1. The molecule has 0 aliphatic carbocycles. The second kappa shape index (κ2) is 6.86. The van der Waals surface area contributed by atoms with Crippen LogP contribution in [-0.4, -0.2) is 39.7 Å². The number of likely N-dealkylation sites (N-methyl/N-ethyl adjacent to an activating group) is 1. The van der Waals surface area contributed by atoms with Gasteiger partial charge >= 0.3 is 0 Å². The fourth-order valence-electron chi connectivity index (χ4n) is 2.21. The fourth-order valence-corrected chi connectivity index (χ4v) is 2.21. The van der Waals surface area contributed by atoms with E-state index < -0.39 is 5.82 Å². The van der Waals surface area contributed by atoms with Crippen molar-refractivity contribution < 1.29 is 9.18 Å². The summed E-state index contributed by atoms with van der Waals surface area (Å²) < 4.78 is 14.7. The smallest absolute Gasteiger partial charge is 0.250 e. The molecule has 1 aromatic heterocycles. The van der Waals surface area contributed by atoms with Crippen molar-refractivity contribution in [1.82, 2.24) is 20.2 Å². The lowest BCUT2D eigenvalue weighted by Gasteiger charge is -2.17. The van der Waals surface area contributed by atoms with E-state index in [2.05, 4.69) is 20.8 Å². The lowest BCUT2D eigenvalue weighted by molar-refractivity contribution is -0.114. The van der Waals surface area contributed by atoms with E-state index in [1.54, 1.807) is 18.0 Å². The summed E-state index contributed by atoms with van der Waals surface area (Å²) in [5.74, 6) is -0.282. The number of halogens is 1. The number of aromatic nitrogens is 4. The van der Waals surface area contributed by atoms with Crippen molar-refractivity contribution in [3.8, 4) is 5.69 Å². The summed E-state index contributed by atoms with van der Waals surface area (Å²) >= 11 is 0. The van der Waals surface area contributed by atoms with Crippen molar-refractivity contribution in [3.63, 3.8) is 0 Å². The molecule has 3 rings (SSSR count). The predicted octanol–water partition coefficient (Wildman–Crippen LogP) is 1.88. The summed E-state index contributed by atoms with van der Waals surface area (Å²) in [5, 5.41) is 14.2. The third-order valence-electron chi connectivity index (χ3n) is 3.28. The third kappa shape index (κ3) is 3.54. The molecule has 0 atom stereocenters. The number of carbonyl (C=O) groups excluding carboxylic acids is 1. The first-order valence-corrected chi connectivity index (χ1v) is 7.24. The lowest BCUT2D eigenvalue weighted by atomic mass is 10.3. The van der Waals surface area contributed by atoms with E-state index in [4.69, 9.17) is 0 Å². The summed E-state index contributed by atoms with van der Waals surface area (Å²) in [7, 11) is 1.70. The molecule has 0 unspecified atom stereocenters. The molecule has 0 spiro atoms. The maximum Gasteiger partial charge on any atom is 0.250 e. The van der Waals surface area contributed by atoms with E-state index in [-0.39, 0.29) is 12.5 Å². The largest absolute Gasteiger partial charge is 0.333 e. The van der Waals surface area contributed by atoms with Gasteiger partial charge in [-0.05, 0) is 40.8 Å². The van der Waals surface area contributed by atoms with Gasteiger partial charge in [-0.2, -0.15) is 4.68 Å². The maximum atomic E-state index is 13.2. The van der Waals surface area contributed by atoms with Gasteiger partial charge in [0.1, 0.15) is 5.82 Å². The summed E-state index contributed by atoms with van der Waals surface area (Å²) in [6, 6.07) is 15.1. The average molecular weight is 326 g/mol. The highest BCUT2D eigenvalue weighted by molar-refractivity contribution is 5.93. The SMILES string of the molecule is CN(CC(=O)Nc1cccc(F)c1)c1nnnn1-c1ccccc1. The Morgan fingerprint density at radius 3 is 2.75 bits per heavy atom. The first-order valence-electron chi connectivity index (χ1n) is 7.24. The summed E-state index contributed by atoms with van der Waals surface area (Å²) in [6.07, 6.45) is 0. The Morgan fingerprint density at radius 2 is 2.00 bits per heavy atom. The van der Waals surface area contributed by atoms with E-state index in [0.29, 0.717) is 11.6 Å². The number of tetrazole rings is 1. The third-order valence-corrected chi connectivity index (χ3v) is 3.28. The molecular weight excluding hydrogens is 311 g/mol. The molecular formula is C16H15FN6O. The molecule has 7 nitrogen and oxygen atoms in total. The number of nitrogens with zero attached hydrogens (tertiary/aromatic N) is 5. The molecule has 2 aromatic carbocycles. The highest BCUT2D eigenvalue weighted by Gasteiger charge is 2.15. The van der Waals surface area contributed by atoms with E-state index in [1.807, 2.05) is 30.3 Å². The minimum Gasteiger partial charge on any atom is -0.333 e. The van der Waals surface area contributed by atoms with Gasteiger partial charge in [-0.3, -0.25) is 4.79 Å². The van der Waals surface area contributed by atoms with E-state index in [0.717, 1.165) is 5.69 Å². The number of hydrogen-bond donors (Lipinski definition) is 1.